The van der Waals surface area contributed by atoms with Crippen molar-refractivity contribution in [3.8, 4) is 0 Å². The monoisotopic (exact) mass is 183 g/mol. The molecule has 0 aliphatic heterocycles. The van der Waals surface area contributed by atoms with Crippen LogP contribution in [0.5, 0.6) is 0 Å². The second kappa shape index (κ2) is 6.70. The highest BCUT2D eigenvalue weighted by molar-refractivity contribution is 5.83. The Morgan fingerprint density at radius 3 is 2.46 bits per heavy atom. The van der Waals surface area contributed by atoms with Crippen LogP contribution in [0.15, 0.2) is 12.2 Å². The van der Waals surface area contributed by atoms with Crippen molar-refractivity contribution in [2.45, 2.75) is 46.0 Å². The highest BCUT2D eigenvalue weighted by Gasteiger charge is 2.07. The van der Waals surface area contributed by atoms with Crippen molar-refractivity contribution in [2.24, 2.45) is 5.92 Å². The van der Waals surface area contributed by atoms with E-state index in [0.717, 1.165) is 19.3 Å². The fourth-order valence-electron chi connectivity index (χ4n) is 1.38. The standard InChI is InChI=1S/C11H20O2/c1-4-6-7-10(5-2)8-9(3)11(12)13/h10H,3-8H2,1-2H3,(H,12,13)/p-1. The molecule has 0 aliphatic rings. The lowest BCUT2D eigenvalue weighted by molar-refractivity contribution is -0.299. The zero-order valence-electron chi connectivity index (χ0n) is 8.64. The highest BCUT2D eigenvalue weighted by atomic mass is 16.4. The van der Waals surface area contributed by atoms with Crippen molar-refractivity contribution in [3.05, 3.63) is 12.2 Å². The Bertz CT molecular complexity index is 173. The molecule has 0 aromatic rings. The van der Waals surface area contributed by atoms with E-state index in [4.69, 9.17) is 0 Å². The van der Waals surface area contributed by atoms with Gasteiger partial charge in [0.2, 0.25) is 0 Å². The fraction of sp³-hybridized carbons (Fsp3) is 0.727. The van der Waals surface area contributed by atoms with Crippen LogP contribution in [0.4, 0.5) is 0 Å². The average Bonchev–Trinajstić information content (AvgIpc) is 2.11. The molecule has 2 heteroatoms. The van der Waals surface area contributed by atoms with Crippen molar-refractivity contribution in [2.75, 3.05) is 0 Å². The van der Waals surface area contributed by atoms with Gasteiger partial charge in [-0.25, -0.2) is 0 Å². The summed E-state index contributed by atoms with van der Waals surface area (Å²) in [5, 5.41) is 10.4. The number of carboxylic acids is 1. The molecule has 0 radical (unpaired) electrons. The maximum absolute atomic E-state index is 10.4. The molecule has 0 rings (SSSR count). The molecular weight excluding hydrogens is 164 g/mol. The Morgan fingerprint density at radius 1 is 1.46 bits per heavy atom. The summed E-state index contributed by atoms with van der Waals surface area (Å²) in [6.07, 6.45) is 5.03. The molecule has 0 amide bonds. The number of carbonyl (C=O) groups is 1. The summed E-state index contributed by atoms with van der Waals surface area (Å²) in [6.45, 7) is 7.71. The lowest BCUT2D eigenvalue weighted by Crippen LogP contribution is -2.25. The molecule has 0 bridgehead atoms. The molecule has 0 heterocycles. The van der Waals surface area contributed by atoms with Gasteiger partial charge in [0.05, 0.1) is 5.97 Å². The van der Waals surface area contributed by atoms with Crippen LogP contribution in [-0.2, 0) is 4.79 Å². The van der Waals surface area contributed by atoms with Crippen LogP contribution in [0.1, 0.15) is 46.0 Å². The highest BCUT2D eigenvalue weighted by Crippen LogP contribution is 2.19. The molecule has 2 nitrogen and oxygen atoms in total. The van der Waals surface area contributed by atoms with E-state index in [-0.39, 0.29) is 5.57 Å². The van der Waals surface area contributed by atoms with Gasteiger partial charge in [-0.2, -0.15) is 0 Å². The van der Waals surface area contributed by atoms with E-state index >= 15 is 0 Å². The molecule has 0 fully saturated rings. The summed E-state index contributed by atoms with van der Waals surface area (Å²) in [6, 6.07) is 0. The zero-order valence-corrected chi connectivity index (χ0v) is 8.64. The fourth-order valence-corrected chi connectivity index (χ4v) is 1.38. The molecule has 0 aromatic carbocycles. The van der Waals surface area contributed by atoms with Crippen molar-refractivity contribution in [1.82, 2.24) is 0 Å². The van der Waals surface area contributed by atoms with Crippen LogP contribution in [-0.4, -0.2) is 5.97 Å². The van der Waals surface area contributed by atoms with E-state index in [2.05, 4.69) is 20.4 Å². The van der Waals surface area contributed by atoms with E-state index in [9.17, 15) is 9.90 Å². The summed E-state index contributed by atoms with van der Waals surface area (Å²) in [7, 11) is 0. The number of rotatable bonds is 7. The summed E-state index contributed by atoms with van der Waals surface area (Å²) >= 11 is 0. The Balaban J connectivity index is 3.83. The third-order valence-electron chi connectivity index (χ3n) is 2.37. The predicted molar refractivity (Wildman–Crippen MR) is 52.1 cm³/mol. The van der Waals surface area contributed by atoms with E-state index < -0.39 is 5.97 Å². The van der Waals surface area contributed by atoms with Crippen LogP contribution in [0, 0.1) is 5.92 Å². The quantitative estimate of drug-likeness (QED) is 0.565. The summed E-state index contributed by atoms with van der Waals surface area (Å²) in [5.41, 5.74) is 0.239. The van der Waals surface area contributed by atoms with E-state index in [1.165, 1.54) is 6.42 Å². The maximum atomic E-state index is 10.4. The third-order valence-corrected chi connectivity index (χ3v) is 2.37. The molecular formula is C11H19O2-. The van der Waals surface area contributed by atoms with Crippen molar-refractivity contribution in [1.29, 1.82) is 0 Å². The SMILES string of the molecule is C=C(CC(CC)CCCC)C(=O)[O-]. The first kappa shape index (κ1) is 12.2. The van der Waals surface area contributed by atoms with Gasteiger partial charge in [0.25, 0.3) is 0 Å². The molecule has 1 atom stereocenters. The lowest BCUT2D eigenvalue weighted by Gasteiger charge is -2.16. The van der Waals surface area contributed by atoms with Gasteiger partial charge in [0.15, 0.2) is 0 Å². The lowest BCUT2D eigenvalue weighted by atomic mass is 9.92. The Labute approximate surface area is 80.7 Å². The van der Waals surface area contributed by atoms with E-state index in [1.54, 1.807) is 0 Å². The Morgan fingerprint density at radius 2 is 2.08 bits per heavy atom. The molecule has 0 aromatic heterocycles. The first-order chi connectivity index (χ1) is 6.11. The average molecular weight is 183 g/mol. The van der Waals surface area contributed by atoms with Crippen LogP contribution in [0.2, 0.25) is 0 Å². The normalized spacial score (nSPS) is 12.5. The topological polar surface area (TPSA) is 40.1 Å². The van der Waals surface area contributed by atoms with Crippen molar-refractivity contribution >= 4 is 5.97 Å². The number of carboxylic acid groups (broad SMARTS) is 1. The van der Waals surface area contributed by atoms with Crippen LogP contribution in [0.3, 0.4) is 0 Å². The van der Waals surface area contributed by atoms with Gasteiger partial charge in [-0.3, -0.25) is 0 Å². The second-order valence-electron chi connectivity index (χ2n) is 3.51. The maximum Gasteiger partial charge on any atom is 0.0669 e. The molecule has 0 N–H and O–H groups in total. The van der Waals surface area contributed by atoms with Crippen LogP contribution >= 0.6 is 0 Å². The van der Waals surface area contributed by atoms with E-state index in [0.29, 0.717) is 12.3 Å². The zero-order chi connectivity index (χ0) is 10.3. The Kier molecular flexibility index (Phi) is 6.29. The number of unbranched alkanes of at least 4 members (excludes halogenated alkanes) is 1. The summed E-state index contributed by atoms with van der Waals surface area (Å²) < 4.78 is 0. The summed E-state index contributed by atoms with van der Waals surface area (Å²) in [4.78, 5) is 10.4. The number of hydrogen-bond donors (Lipinski definition) is 0. The largest absolute Gasteiger partial charge is 0.545 e. The summed E-state index contributed by atoms with van der Waals surface area (Å²) in [5.74, 6) is -0.639. The van der Waals surface area contributed by atoms with Crippen molar-refractivity contribution < 1.29 is 9.90 Å². The van der Waals surface area contributed by atoms with Gasteiger partial charge >= 0.3 is 0 Å². The Hall–Kier alpha value is -0.790. The molecule has 1 unspecified atom stereocenters. The smallest absolute Gasteiger partial charge is 0.0669 e. The molecule has 76 valence electrons. The molecule has 13 heavy (non-hydrogen) atoms. The predicted octanol–water partition coefficient (Wildman–Crippen LogP) is 1.90. The first-order valence-corrected chi connectivity index (χ1v) is 5.00. The minimum absolute atomic E-state index is 0.239. The number of aliphatic carboxylic acids is 1. The van der Waals surface area contributed by atoms with Gasteiger partial charge in [-0.1, -0.05) is 46.1 Å². The van der Waals surface area contributed by atoms with E-state index in [1.807, 2.05) is 0 Å². The van der Waals surface area contributed by atoms with Gasteiger partial charge in [-0.15, -0.1) is 0 Å². The van der Waals surface area contributed by atoms with Crippen LogP contribution < -0.4 is 5.11 Å². The van der Waals surface area contributed by atoms with Gasteiger partial charge in [-0.05, 0) is 17.9 Å². The molecule has 0 saturated heterocycles. The van der Waals surface area contributed by atoms with Gasteiger partial charge < -0.3 is 9.90 Å². The third kappa shape index (κ3) is 5.45. The minimum atomic E-state index is -1.10. The molecule has 0 aliphatic carbocycles. The second-order valence-corrected chi connectivity index (χ2v) is 3.51. The number of hydrogen-bond acceptors (Lipinski definition) is 2. The van der Waals surface area contributed by atoms with Crippen molar-refractivity contribution in [3.63, 3.8) is 0 Å². The number of carbonyl (C=O) groups excluding carboxylic acids is 1. The minimum Gasteiger partial charge on any atom is -0.545 e. The van der Waals surface area contributed by atoms with Gasteiger partial charge in [0.1, 0.15) is 0 Å². The van der Waals surface area contributed by atoms with Gasteiger partial charge in [0, 0.05) is 0 Å². The molecule has 0 saturated carbocycles. The molecule has 0 spiro atoms. The van der Waals surface area contributed by atoms with Crippen LogP contribution in [0.25, 0.3) is 0 Å². The first-order valence-electron chi connectivity index (χ1n) is 5.00.